The molecule has 4 heterocycles. The molecule has 7 rings (SSSR count). The fraction of sp³-hybridized carbons (Fsp3) is 0.550. The number of quaternary nitrogens is 1. The van der Waals surface area contributed by atoms with Crippen LogP contribution in [-0.2, 0) is 29.5 Å². The molecule has 0 spiro atoms. The van der Waals surface area contributed by atoms with Gasteiger partial charge in [-0.05, 0) is 60.3 Å². The number of hydrogen-bond donors (Lipinski definition) is 2. The molecule has 3 fully saturated rings. The van der Waals surface area contributed by atoms with E-state index in [0.29, 0.717) is 36.5 Å². The van der Waals surface area contributed by atoms with Crippen LogP contribution in [0.5, 0.6) is 5.75 Å². The molecular formula is C40H56N3O4S+. The lowest BCUT2D eigenvalue weighted by molar-refractivity contribution is -0.953. The highest BCUT2D eigenvalue weighted by Crippen LogP contribution is 2.50. The minimum Gasteiger partial charge on any atom is -0.489 e. The van der Waals surface area contributed by atoms with E-state index >= 15 is 0 Å². The van der Waals surface area contributed by atoms with E-state index < -0.39 is 27.3 Å². The summed E-state index contributed by atoms with van der Waals surface area (Å²) in [7, 11) is -1.73. The molecule has 260 valence electrons. The topological polar surface area (TPSA) is 78.9 Å². The van der Waals surface area contributed by atoms with Crippen molar-refractivity contribution in [3.05, 3.63) is 94.5 Å². The van der Waals surface area contributed by atoms with Crippen LogP contribution in [0.4, 0.5) is 0 Å². The number of ether oxygens (including phenoxy) is 1. The number of fused-ring (bicyclic) bond motifs is 4. The van der Waals surface area contributed by atoms with Crippen LogP contribution in [0.2, 0.25) is 0 Å². The van der Waals surface area contributed by atoms with Crippen LogP contribution in [0, 0.1) is 5.41 Å². The summed E-state index contributed by atoms with van der Waals surface area (Å²) in [6, 6.07) is 22.6. The lowest BCUT2D eigenvalue weighted by Gasteiger charge is -2.50. The summed E-state index contributed by atoms with van der Waals surface area (Å²) in [5.41, 5.74) is 4.45. The monoisotopic (exact) mass is 674 g/mol. The molecule has 3 aromatic rings. The van der Waals surface area contributed by atoms with E-state index in [1.165, 1.54) is 49.3 Å². The quantitative estimate of drug-likeness (QED) is 0.196. The molecule has 2 bridgehead atoms. The molecule has 0 radical (unpaired) electrons. The molecule has 0 unspecified atom stereocenters. The van der Waals surface area contributed by atoms with Gasteiger partial charge in [-0.15, -0.1) is 0 Å². The number of rotatable bonds is 14. The highest BCUT2D eigenvalue weighted by Gasteiger charge is 2.49. The molecule has 4 aliphatic rings. The Labute approximate surface area is 288 Å². The lowest BCUT2D eigenvalue weighted by Crippen LogP contribution is -2.66. The fourth-order valence-corrected chi connectivity index (χ4v) is 10.7. The zero-order valence-corrected chi connectivity index (χ0v) is 30.1. The van der Waals surface area contributed by atoms with Crippen LogP contribution in [0.3, 0.4) is 0 Å². The molecule has 0 aliphatic carbocycles. The summed E-state index contributed by atoms with van der Waals surface area (Å²) in [5.74, 6) is 0.281. The normalized spacial score (nSPS) is 25.7. The summed E-state index contributed by atoms with van der Waals surface area (Å²) in [5, 5.41) is 15.6. The molecule has 7 nitrogen and oxygen atoms in total. The maximum Gasteiger partial charge on any atom is 0.179 e. The number of nitrogens with zero attached hydrogens (tertiary/aromatic N) is 2. The number of benzene rings is 3. The van der Waals surface area contributed by atoms with Crippen LogP contribution < -0.4 is 10.1 Å². The van der Waals surface area contributed by atoms with Crippen molar-refractivity contribution in [3.8, 4) is 5.75 Å². The number of sulfone groups is 1. The SMILES string of the molecule is CCCCC1(CCCC)CS(=O)(=O)c2ccc(CNC)cc2[C@@H](c2ccc(OCc3ccc(C[N+]45CCN(CC4)CC5)cc3)cc2)[C@H]1O. The van der Waals surface area contributed by atoms with Crippen molar-refractivity contribution < 1.29 is 22.7 Å². The Morgan fingerprint density at radius 3 is 2.08 bits per heavy atom. The first-order chi connectivity index (χ1) is 23.2. The third kappa shape index (κ3) is 7.53. The number of piperazine rings is 3. The average molecular weight is 675 g/mol. The van der Waals surface area contributed by atoms with Crippen molar-refractivity contribution in [3.63, 3.8) is 0 Å². The summed E-state index contributed by atoms with van der Waals surface area (Å²) in [4.78, 5) is 2.95. The Hall–Kier alpha value is -2.75. The van der Waals surface area contributed by atoms with Crippen molar-refractivity contribution in [2.24, 2.45) is 5.41 Å². The Morgan fingerprint density at radius 1 is 0.875 bits per heavy atom. The van der Waals surface area contributed by atoms with Crippen molar-refractivity contribution >= 4 is 9.84 Å². The maximum atomic E-state index is 14.1. The van der Waals surface area contributed by atoms with Gasteiger partial charge in [-0.3, -0.25) is 4.90 Å². The highest BCUT2D eigenvalue weighted by molar-refractivity contribution is 7.91. The molecule has 48 heavy (non-hydrogen) atoms. The molecule has 0 saturated carbocycles. The van der Waals surface area contributed by atoms with Gasteiger partial charge in [0.2, 0.25) is 0 Å². The van der Waals surface area contributed by atoms with Gasteiger partial charge in [0.1, 0.15) is 18.9 Å². The second-order valence-electron chi connectivity index (χ2n) is 14.8. The summed E-state index contributed by atoms with van der Waals surface area (Å²) >= 11 is 0. The fourth-order valence-electron chi connectivity index (χ4n) is 8.52. The summed E-state index contributed by atoms with van der Waals surface area (Å²) in [6.45, 7) is 13.9. The molecule has 0 amide bonds. The number of aliphatic hydroxyl groups is 1. The molecule has 2 N–H and O–H groups in total. The number of aliphatic hydroxyl groups excluding tert-OH is 1. The molecule has 0 aromatic heterocycles. The molecule has 8 heteroatoms. The van der Waals surface area contributed by atoms with Crippen molar-refractivity contribution in [1.29, 1.82) is 0 Å². The van der Waals surface area contributed by atoms with Crippen LogP contribution in [-0.4, -0.2) is 81.1 Å². The molecule has 4 aliphatic heterocycles. The Morgan fingerprint density at radius 2 is 1.48 bits per heavy atom. The second kappa shape index (κ2) is 15.0. The van der Waals surface area contributed by atoms with Crippen LogP contribution in [0.15, 0.2) is 71.6 Å². The van der Waals surface area contributed by atoms with E-state index in [4.69, 9.17) is 4.74 Å². The first-order valence-corrected chi connectivity index (χ1v) is 19.9. The number of hydrogen-bond acceptors (Lipinski definition) is 6. The smallest absolute Gasteiger partial charge is 0.179 e. The van der Waals surface area contributed by atoms with Gasteiger partial charge < -0.3 is 19.6 Å². The Kier molecular flexibility index (Phi) is 11.0. The Bertz CT molecular complexity index is 1590. The highest BCUT2D eigenvalue weighted by atomic mass is 32.2. The van der Waals surface area contributed by atoms with Crippen molar-refractivity contribution in [2.75, 3.05) is 52.1 Å². The number of unbranched alkanes of at least 4 members (excludes halogenated alkanes) is 2. The minimum atomic E-state index is -3.62. The van der Waals surface area contributed by atoms with Gasteiger partial charge in [0.05, 0.1) is 36.4 Å². The van der Waals surface area contributed by atoms with Gasteiger partial charge in [-0.2, -0.15) is 0 Å². The zero-order chi connectivity index (χ0) is 33.8. The molecule has 3 aromatic carbocycles. The van der Waals surface area contributed by atoms with Crippen molar-refractivity contribution in [1.82, 2.24) is 10.2 Å². The van der Waals surface area contributed by atoms with Gasteiger partial charge >= 0.3 is 0 Å². The first-order valence-electron chi connectivity index (χ1n) is 18.3. The van der Waals surface area contributed by atoms with E-state index in [-0.39, 0.29) is 5.75 Å². The maximum absolute atomic E-state index is 14.1. The summed E-state index contributed by atoms with van der Waals surface area (Å²) < 4.78 is 35.7. The van der Waals surface area contributed by atoms with Crippen LogP contribution >= 0.6 is 0 Å². The standard InChI is InChI=1S/C40H56N3O4S/c1-4-6-18-40(19-7-5-2)30-48(45,46)37-17-12-33(27-41-3)26-36(37)38(39(40)44)34-13-15-35(16-14-34)47-29-32-10-8-31(9-11-32)28-43-23-20-42(21-24-43)22-25-43/h8-17,26,38-39,41,44H,4-7,18-25,27-30H2,1-3H3/q+1/t38-,39-/m1/s1. The third-order valence-corrected chi connectivity index (χ3v) is 13.5. The number of nitrogens with one attached hydrogen (secondary N) is 1. The predicted molar refractivity (Wildman–Crippen MR) is 193 cm³/mol. The molecule has 2 atom stereocenters. The van der Waals surface area contributed by atoms with Gasteiger partial charge in [0.25, 0.3) is 0 Å². The first kappa shape index (κ1) is 35.1. The van der Waals surface area contributed by atoms with Gasteiger partial charge in [-0.25, -0.2) is 8.42 Å². The second-order valence-corrected chi connectivity index (χ2v) is 16.8. The van der Waals surface area contributed by atoms with E-state index in [0.717, 1.165) is 54.7 Å². The molecular weight excluding hydrogens is 619 g/mol. The summed E-state index contributed by atoms with van der Waals surface area (Å²) in [6.07, 6.45) is 4.23. The average Bonchev–Trinajstić information content (AvgIpc) is 3.17. The Balaban J connectivity index is 1.23. The zero-order valence-electron chi connectivity index (χ0n) is 29.3. The van der Waals surface area contributed by atoms with Crippen molar-refractivity contribution in [2.45, 2.75) is 89.0 Å². The minimum absolute atomic E-state index is 0.0192. The van der Waals surface area contributed by atoms with Gasteiger partial charge in [0.15, 0.2) is 9.84 Å². The lowest BCUT2D eigenvalue weighted by atomic mass is 9.68. The predicted octanol–water partition coefficient (Wildman–Crippen LogP) is 6.28. The van der Waals surface area contributed by atoms with Crippen LogP contribution in [0.25, 0.3) is 0 Å². The van der Waals surface area contributed by atoms with E-state index in [2.05, 4.69) is 48.3 Å². The van der Waals surface area contributed by atoms with E-state index in [9.17, 15) is 13.5 Å². The van der Waals surface area contributed by atoms with Gasteiger partial charge in [0, 0.05) is 43.1 Å². The molecule has 3 saturated heterocycles. The third-order valence-electron chi connectivity index (χ3n) is 11.5. The largest absolute Gasteiger partial charge is 0.489 e. The van der Waals surface area contributed by atoms with Gasteiger partial charge in [-0.1, -0.05) is 88.1 Å². The van der Waals surface area contributed by atoms with E-state index in [1.807, 2.05) is 43.4 Å². The van der Waals surface area contributed by atoms with E-state index in [1.54, 1.807) is 6.07 Å². The van der Waals surface area contributed by atoms with Crippen LogP contribution in [0.1, 0.15) is 86.1 Å².